The number of hydrogen-bond donors (Lipinski definition) is 1. The molecule has 1 saturated heterocycles. The van der Waals surface area contributed by atoms with Crippen LogP contribution in [0.3, 0.4) is 0 Å². The molecular weight excluding hydrogens is 322 g/mol. The number of primary amides is 1. The van der Waals surface area contributed by atoms with Crippen molar-refractivity contribution in [3.63, 3.8) is 0 Å². The fourth-order valence-electron chi connectivity index (χ4n) is 3.39. The smallest absolute Gasteiger partial charge is 0.281 e. The van der Waals surface area contributed by atoms with Crippen molar-refractivity contribution in [3.05, 3.63) is 41.7 Å². The summed E-state index contributed by atoms with van der Waals surface area (Å²) in [7, 11) is 0. The maximum atomic E-state index is 13.0. The molecule has 2 N–H and O–H groups in total. The number of aromatic nitrogens is 3. The van der Waals surface area contributed by atoms with Crippen molar-refractivity contribution in [1.29, 1.82) is 0 Å². The van der Waals surface area contributed by atoms with Crippen molar-refractivity contribution in [2.45, 2.75) is 25.9 Å². The van der Waals surface area contributed by atoms with Gasteiger partial charge in [0.25, 0.3) is 5.91 Å². The molecule has 2 aliphatic rings. The number of benzene rings is 1. The molecule has 130 valence electrons. The first-order valence-electron chi connectivity index (χ1n) is 8.15. The number of anilines is 1. The van der Waals surface area contributed by atoms with E-state index in [1.807, 2.05) is 24.3 Å². The van der Waals surface area contributed by atoms with Crippen molar-refractivity contribution in [3.8, 4) is 0 Å². The molecule has 25 heavy (non-hydrogen) atoms. The van der Waals surface area contributed by atoms with E-state index in [1.165, 1.54) is 4.90 Å². The Morgan fingerprint density at radius 3 is 2.80 bits per heavy atom. The van der Waals surface area contributed by atoms with Gasteiger partial charge in [0.2, 0.25) is 5.91 Å². The lowest BCUT2D eigenvalue weighted by atomic mass is 9.89. The predicted octanol–water partition coefficient (Wildman–Crippen LogP) is 0.371. The van der Waals surface area contributed by atoms with Crippen LogP contribution in [0.25, 0.3) is 0 Å². The second-order valence-corrected chi connectivity index (χ2v) is 7.03. The van der Waals surface area contributed by atoms with Gasteiger partial charge in [0.05, 0.1) is 26.0 Å². The summed E-state index contributed by atoms with van der Waals surface area (Å²) in [5, 5.41) is 8.05. The van der Waals surface area contributed by atoms with Crippen LogP contribution in [0.4, 0.5) is 5.69 Å². The molecule has 8 nitrogen and oxygen atoms in total. The summed E-state index contributed by atoms with van der Waals surface area (Å²) >= 11 is 0. The third kappa shape index (κ3) is 2.68. The molecule has 2 amide bonds. The van der Waals surface area contributed by atoms with Gasteiger partial charge >= 0.3 is 0 Å². The Kier molecular flexibility index (Phi) is 3.57. The van der Waals surface area contributed by atoms with Crippen LogP contribution in [0.5, 0.6) is 0 Å². The topological polar surface area (TPSA) is 103 Å². The van der Waals surface area contributed by atoms with Crippen molar-refractivity contribution in [2.24, 2.45) is 11.1 Å². The summed E-state index contributed by atoms with van der Waals surface area (Å²) in [6, 6.07) is 6.71. The summed E-state index contributed by atoms with van der Waals surface area (Å²) in [4.78, 5) is 26.2. The Labute approximate surface area is 144 Å². The number of para-hydroxylation sites is 1. The molecule has 8 heteroatoms. The Morgan fingerprint density at radius 2 is 2.12 bits per heavy atom. The van der Waals surface area contributed by atoms with Crippen molar-refractivity contribution in [2.75, 3.05) is 18.1 Å². The van der Waals surface area contributed by atoms with Gasteiger partial charge in [-0.1, -0.05) is 30.3 Å². The van der Waals surface area contributed by atoms with Gasteiger partial charge in [-0.3, -0.25) is 19.2 Å². The van der Waals surface area contributed by atoms with Crippen LogP contribution in [0, 0.1) is 5.41 Å². The highest BCUT2D eigenvalue weighted by Crippen LogP contribution is 2.33. The number of rotatable bonds is 4. The minimum absolute atomic E-state index is 0.0179. The molecular formula is C17H19N5O3. The van der Waals surface area contributed by atoms with E-state index in [4.69, 9.17) is 10.5 Å². The Balaban J connectivity index is 1.61. The normalized spacial score (nSPS) is 20.8. The van der Waals surface area contributed by atoms with Crippen LogP contribution in [-0.2, 0) is 22.5 Å². The van der Waals surface area contributed by atoms with E-state index in [9.17, 15) is 9.59 Å². The number of carbonyl (C=O) groups excluding carboxylic acids is 2. The molecule has 4 rings (SSSR count). The number of hydrogen-bond acceptors (Lipinski definition) is 5. The SMILES string of the molecule is CC1(Cn2cc(C(=O)N3c4ccccc4C[C@H]3C(N)=O)nn2)COC1. The van der Waals surface area contributed by atoms with Crippen LogP contribution in [0.1, 0.15) is 23.0 Å². The predicted molar refractivity (Wildman–Crippen MR) is 88.9 cm³/mol. The van der Waals surface area contributed by atoms with E-state index < -0.39 is 11.9 Å². The van der Waals surface area contributed by atoms with Crippen LogP contribution in [0.15, 0.2) is 30.5 Å². The van der Waals surface area contributed by atoms with E-state index >= 15 is 0 Å². The zero-order valence-corrected chi connectivity index (χ0v) is 13.9. The summed E-state index contributed by atoms with van der Waals surface area (Å²) in [6.45, 7) is 4.06. The van der Waals surface area contributed by atoms with Gasteiger partial charge < -0.3 is 10.5 Å². The lowest BCUT2D eigenvalue weighted by Gasteiger charge is -2.37. The van der Waals surface area contributed by atoms with Crippen molar-refractivity contribution < 1.29 is 14.3 Å². The van der Waals surface area contributed by atoms with E-state index in [1.54, 1.807) is 10.9 Å². The Hall–Kier alpha value is -2.74. The lowest BCUT2D eigenvalue weighted by molar-refractivity contribution is -0.119. The third-order valence-corrected chi connectivity index (χ3v) is 4.73. The van der Waals surface area contributed by atoms with E-state index in [-0.39, 0.29) is 17.0 Å². The highest BCUT2D eigenvalue weighted by molar-refractivity contribution is 6.10. The zero-order chi connectivity index (χ0) is 17.6. The fraction of sp³-hybridized carbons (Fsp3) is 0.412. The van der Waals surface area contributed by atoms with E-state index in [0.717, 1.165) is 5.56 Å². The average molecular weight is 341 g/mol. The van der Waals surface area contributed by atoms with E-state index in [2.05, 4.69) is 17.2 Å². The Bertz CT molecular complexity index is 842. The van der Waals surface area contributed by atoms with Crippen LogP contribution in [-0.4, -0.2) is 46.1 Å². The van der Waals surface area contributed by atoms with Gasteiger partial charge in [0.15, 0.2) is 5.69 Å². The van der Waals surface area contributed by atoms with Gasteiger partial charge in [-0.05, 0) is 11.6 Å². The monoisotopic (exact) mass is 341 g/mol. The van der Waals surface area contributed by atoms with Crippen LogP contribution >= 0.6 is 0 Å². The highest BCUT2D eigenvalue weighted by atomic mass is 16.5. The van der Waals surface area contributed by atoms with Crippen molar-refractivity contribution >= 4 is 17.5 Å². The van der Waals surface area contributed by atoms with Crippen molar-refractivity contribution in [1.82, 2.24) is 15.0 Å². The number of nitrogens with two attached hydrogens (primary N) is 1. The molecule has 0 unspecified atom stereocenters. The van der Waals surface area contributed by atoms with Crippen LogP contribution in [0.2, 0.25) is 0 Å². The van der Waals surface area contributed by atoms with Gasteiger partial charge in [0, 0.05) is 17.5 Å². The molecule has 1 atom stereocenters. The maximum absolute atomic E-state index is 13.0. The summed E-state index contributed by atoms with van der Waals surface area (Å²) in [5.74, 6) is -0.897. The quantitative estimate of drug-likeness (QED) is 0.865. The summed E-state index contributed by atoms with van der Waals surface area (Å²) in [6.07, 6.45) is 2.03. The molecule has 2 aliphatic heterocycles. The van der Waals surface area contributed by atoms with Gasteiger partial charge in [-0.25, -0.2) is 0 Å². The number of nitrogens with zero attached hydrogens (tertiary/aromatic N) is 4. The number of carbonyl (C=O) groups is 2. The van der Waals surface area contributed by atoms with Gasteiger partial charge in [-0.2, -0.15) is 0 Å². The number of fused-ring (bicyclic) bond motifs is 1. The zero-order valence-electron chi connectivity index (χ0n) is 13.9. The molecule has 1 fully saturated rings. The fourth-order valence-corrected chi connectivity index (χ4v) is 3.39. The molecule has 0 bridgehead atoms. The third-order valence-electron chi connectivity index (χ3n) is 4.73. The first kappa shape index (κ1) is 15.8. The first-order valence-corrected chi connectivity index (χ1v) is 8.15. The summed E-state index contributed by atoms with van der Waals surface area (Å²) < 4.78 is 6.89. The standard InChI is InChI=1S/C17H19N5O3/c1-17(9-25-10-17)8-21-7-12(19-20-21)16(24)22-13-5-3-2-4-11(13)6-14(22)15(18)23/h2-5,7,14H,6,8-10H2,1H3,(H2,18,23)/t14-/m0/s1. The Morgan fingerprint density at radius 1 is 1.36 bits per heavy atom. The minimum atomic E-state index is -0.701. The minimum Gasteiger partial charge on any atom is -0.380 e. The number of ether oxygens (including phenoxy) is 1. The van der Waals surface area contributed by atoms with E-state index in [0.29, 0.717) is 31.9 Å². The lowest BCUT2D eigenvalue weighted by Crippen LogP contribution is -2.46. The molecule has 0 saturated carbocycles. The molecule has 0 aliphatic carbocycles. The second-order valence-electron chi connectivity index (χ2n) is 7.03. The molecule has 2 aromatic rings. The largest absolute Gasteiger partial charge is 0.380 e. The highest BCUT2D eigenvalue weighted by Gasteiger charge is 2.39. The summed E-state index contributed by atoms with van der Waals surface area (Å²) in [5.41, 5.74) is 7.35. The van der Waals surface area contributed by atoms with Crippen LogP contribution < -0.4 is 10.6 Å². The number of amides is 2. The maximum Gasteiger partial charge on any atom is 0.281 e. The first-order chi connectivity index (χ1) is 12.0. The second kappa shape index (κ2) is 5.66. The average Bonchev–Trinajstić information content (AvgIpc) is 3.17. The van der Waals surface area contributed by atoms with Gasteiger partial charge in [0.1, 0.15) is 6.04 Å². The molecule has 0 spiro atoms. The molecule has 1 aromatic carbocycles. The molecule has 0 radical (unpaired) electrons. The molecule has 3 heterocycles. The van der Waals surface area contributed by atoms with Gasteiger partial charge in [-0.15, -0.1) is 5.10 Å². The molecule has 1 aromatic heterocycles.